The molecule has 8 nitrogen and oxygen atoms in total. The molecule has 2 atom stereocenters. The van der Waals surface area contributed by atoms with Gasteiger partial charge < -0.3 is 20.4 Å². The van der Waals surface area contributed by atoms with Gasteiger partial charge in [-0.05, 0) is 47.4 Å². The molecule has 44 heavy (non-hydrogen) atoms. The van der Waals surface area contributed by atoms with E-state index in [0.29, 0.717) is 24.5 Å². The number of nitrogens with zero attached hydrogens (tertiary/aromatic N) is 2. The molecule has 0 fully saturated rings. The molecule has 0 unspecified atom stereocenters. The number of carbonyl (C=O) groups excluding carboxylic acids is 4. The first-order valence-electron chi connectivity index (χ1n) is 14.7. The van der Waals surface area contributed by atoms with Crippen LogP contribution in [0.3, 0.4) is 0 Å². The molecule has 0 bridgehead atoms. The lowest BCUT2D eigenvalue weighted by molar-refractivity contribution is -0.135. The molecule has 0 aromatic heterocycles. The van der Waals surface area contributed by atoms with Crippen molar-refractivity contribution >= 4 is 47.2 Å². The molecule has 4 amide bonds. The summed E-state index contributed by atoms with van der Waals surface area (Å²) in [4.78, 5) is 53.5. The molecule has 2 heterocycles. The summed E-state index contributed by atoms with van der Waals surface area (Å²) in [7, 11) is 0. The van der Waals surface area contributed by atoms with E-state index in [4.69, 9.17) is 0 Å². The summed E-state index contributed by atoms with van der Waals surface area (Å²) in [6.45, 7) is 7.99. The number of hydrogen-bond donors (Lipinski definition) is 2. The Balaban J connectivity index is 1.30. The summed E-state index contributed by atoms with van der Waals surface area (Å²) in [5.74, 6) is -0.756. The first kappa shape index (κ1) is 31.7. The zero-order valence-electron chi connectivity index (χ0n) is 25.1. The van der Waals surface area contributed by atoms with Crippen LogP contribution in [0.4, 0.5) is 11.4 Å². The topological polar surface area (TPSA) is 98.8 Å². The molecule has 0 radical (unpaired) electrons. The summed E-state index contributed by atoms with van der Waals surface area (Å²) in [5, 5.41) is 5.79. The summed E-state index contributed by atoms with van der Waals surface area (Å²) >= 11 is 0. The van der Waals surface area contributed by atoms with E-state index in [9.17, 15) is 19.2 Å². The minimum Gasteiger partial charge on any atom is -0.324 e. The van der Waals surface area contributed by atoms with E-state index in [1.165, 1.54) is 11.8 Å². The number of nitrogens with one attached hydrogen (secondary N) is 2. The van der Waals surface area contributed by atoms with Crippen molar-refractivity contribution in [1.82, 2.24) is 9.80 Å². The number of amides is 4. The summed E-state index contributed by atoms with van der Waals surface area (Å²) < 4.78 is 0. The highest BCUT2D eigenvalue weighted by atomic mass is 16.2. The van der Waals surface area contributed by atoms with Gasteiger partial charge in [0.2, 0.25) is 11.8 Å². The highest BCUT2D eigenvalue weighted by Gasteiger charge is 2.31. The van der Waals surface area contributed by atoms with Crippen LogP contribution in [0.25, 0.3) is 12.2 Å². The highest BCUT2D eigenvalue weighted by molar-refractivity contribution is 6.00. The molecule has 0 spiro atoms. The number of allylic oxidation sites excluding steroid dienone is 4. The first-order chi connectivity index (χ1) is 21.3. The lowest BCUT2D eigenvalue weighted by Crippen LogP contribution is -2.43. The second-order valence-electron chi connectivity index (χ2n) is 10.5. The van der Waals surface area contributed by atoms with Gasteiger partial charge in [0.25, 0.3) is 11.8 Å². The molecule has 226 valence electrons. The van der Waals surface area contributed by atoms with Crippen LogP contribution in [0.15, 0.2) is 109 Å². The van der Waals surface area contributed by atoms with Crippen LogP contribution < -0.4 is 10.6 Å². The van der Waals surface area contributed by atoms with Crippen LogP contribution in [0.5, 0.6) is 0 Å². The number of carbonyl (C=O) groups is 4. The number of rotatable bonds is 11. The van der Waals surface area contributed by atoms with Gasteiger partial charge in [0, 0.05) is 31.4 Å². The SMILES string of the molecule is C=C/C=C\C(=C/CC)CC(=O)N1CC=C[C@H]1C(=O)Nc1ccc(/C=C/c2ccc(NC(=O)[C@@H]3C=CCN3C(C)=O)cc2)cc1. The zero-order valence-corrected chi connectivity index (χ0v) is 25.1. The van der Waals surface area contributed by atoms with Crippen LogP contribution in [-0.2, 0) is 19.2 Å². The van der Waals surface area contributed by atoms with Gasteiger partial charge in [0.1, 0.15) is 12.1 Å². The fourth-order valence-electron chi connectivity index (χ4n) is 4.99. The Hall–Kier alpha value is -5.24. The van der Waals surface area contributed by atoms with Gasteiger partial charge in [0.15, 0.2) is 0 Å². The van der Waals surface area contributed by atoms with E-state index in [2.05, 4.69) is 17.2 Å². The quantitative estimate of drug-likeness (QED) is 0.198. The van der Waals surface area contributed by atoms with E-state index >= 15 is 0 Å². The third kappa shape index (κ3) is 8.41. The molecular formula is C36H38N4O4. The third-order valence-corrected chi connectivity index (χ3v) is 7.27. The first-order valence-corrected chi connectivity index (χ1v) is 14.7. The average Bonchev–Trinajstić information content (AvgIpc) is 3.71. The predicted octanol–water partition coefficient (Wildman–Crippen LogP) is 5.76. The lowest BCUT2D eigenvalue weighted by Gasteiger charge is -2.24. The minimum atomic E-state index is -0.663. The van der Waals surface area contributed by atoms with Crippen LogP contribution in [0.1, 0.15) is 37.8 Å². The molecule has 2 aromatic carbocycles. The fourth-order valence-corrected chi connectivity index (χ4v) is 4.99. The largest absolute Gasteiger partial charge is 0.324 e. The van der Waals surface area contributed by atoms with E-state index in [1.807, 2.05) is 91.9 Å². The molecule has 0 aliphatic carbocycles. The third-order valence-electron chi connectivity index (χ3n) is 7.27. The van der Waals surface area contributed by atoms with Crippen molar-refractivity contribution in [1.29, 1.82) is 0 Å². The Bertz CT molecular complexity index is 1530. The molecule has 0 saturated heterocycles. The van der Waals surface area contributed by atoms with E-state index in [-0.39, 0.29) is 30.0 Å². The van der Waals surface area contributed by atoms with Crippen LogP contribution in [0.2, 0.25) is 0 Å². The van der Waals surface area contributed by atoms with Crippen molar-refractivity contribution in [2.24, 2.45) is 0 Å². The second kappa shape index (κ2) is 15.3. The van der Waals surface area contributed by atoms with Crippen molar-refractivity contribution in [2.75, 3.05) is 23.7 Å². The standard InChI is InChI=1S/C36H38N4O4/c1-4-6-10-29(9-5-2)25-34(42)40-24-8-12-33(40)36(44)38-31-21-17-28(18-22-31)14-13-27-15-19-30(20-16-27)37-35(43)32-11-7-23-39(32)26(3)41/h4,6-22,32-33H,1,5,23-25H2,2-3H3,(H,37,43)(H,38,44)/b10-6-,14-13+,29-9+/t32-,33-/m0/s1. The number of anilines is 2. The Morgan fingerprint density at radius 2 is 1.32 bits per heavy atom. The maximum absolute atomic E-state index is 13.1. The highest BCUT2D eigenvalue weighted by Crippen LogP contribution is 2.20. The van der Waals surface area contributed by atoms with Crippen molar-refractivity contribution in [3.05, 3.63) is 120 Å². The lowest BCUT2D eigenvalue weighted by atomic mass is 10.1. The Morgan fingerprint density at radius 1 is 0.818 bits per heavy atom. The predicted molar refractivity (Wildman–Crippen MR) is 176 cm³/mol. The minimum absolute atomic E-state index is 0.106. The van der Waals surface area contributed by atoms with Gasteiger partial charge in [-0.3, -0.25) is 19.2 Å². The van der Waals surface area contributed by atoms with Crippen molar-refractivity contribution in [3.63, 3.8) is 0 Å². The van der Waals surface area contributed by atoms with Gasteiger partial charge in [-0.15, -0.1) is 0 Å². The number of hydrogen-bond acceptors (Lipinski definition) is 4. The van der Waals surface area contributed by atoms with Gasteiger partial charge in [-0.1, -0.05) is 98.5 Å². The molecular weight excluding hydrogens is 552 g/mol. The second-order valence-corrected chi connectivity index (χ2v) is 10.5. The maximum Gasteiger partial charge on any atom is 0.251 e. The van der Waals surface area contributed by atoms with Crippen molar-refractivity contribution < 1.29 is 19.2 Å². The zero-order chi connectivity index (χ0) is 31.5. The van der Waals surface area contributed by atoms with Gasteiger partial charge >= 0.3 is 0 Å². The smallest absolute Gasteiger partial charge is 0.251 e. The Labute approximate surface area is 258 Å². The monoisotopic (exact) mass is 590 g/mol. The van der Waals surface area contributed by atoms with E-state index < -0.39 is 12.1 Å². The Kier molecular flexibility index (Phi) is 11.0. The van der Waals surface area contributed by atoms with Gasteiger partial charge in [0.05, 0.1) is 6.42 Å². The molecule has 4 rings (SSSR count). The van der Waals surface area contributed by atoms with Crippen LogP contribution in [-0.4, -0.2) is 58.6 Å². The maximum atomic E-state index is 13.1. The Morgan fingerprint density at radius 3 is 1.80 bits per heavy atom. The average molecular weight is 591 g/mol. The van der Waals surface area contributed by atoms with E-state index in [0.717, 1.165) is 23.1 Å². The molecule has 2 aliphatic rings. The van der Waals surface area contributed by atoms with Crippen LogP contribution in [0, 0.1) is 0 Å². The molecule has 8 heteroatoms. The molecule has 2 N–H and O–H groups in total. The normalized spacial score (nSPS) is 17.9. The fraction of sp³-hybridized carbons (Fsp3) is 0.222. The molecule has 2 aromatic rings. The van der Waals surface area contributed by atoms with Gasteiger partial charge in [-0.25, -0.2) is 0 Å². The summed E-state index contributed by atoms with van der Waals surface area (Å²) in [5.41, 5.74) is 4.07. The number of benzene rings is 2. The summed E-state index contributed by atoms with van der Waals surface area (Å²) in [6.07, 6.45) is 19.4. The molecule has 2 aliphatic heterocycles. The van der Waals surface area contributed by atoms with Crippen molar-refractivity contribution in [2.45, 2.75) is 38.8 Å². The molecule has 0 saturated carbocycles. The van der Waals surface area contributed by atoms with E-state index in [1.54, 1.807) is 29.2 Å². The summed E-state index contributed by atoms with van der Waals surface area (Å²) in [6, 6.07) is 13.6. The van der Waals surface area contributed by atoms with Crippen LogP contribution >= 0.6 is 0 Å². The van der Waals surface area contributed by atoms with Crippen molar-refractivity contribution in [3.8, 4) is 0 Å². The van der Waals surface area contributed by atoms with Gasteiger partial charge in [-0.2, -0.15) is 0 Å².